The first-order valence-electron chi connectivity index (χ1n) is 10.0. The molecule has 1 N–H and O–H groups in total. The highest BCUT2D eigenvalue weighted by Gasteiger charge is 2.08. The quantitative estimate of drug-likeness (QED) is 0.408. The van der Waals surface area contributed by atoms with Crippen LogP contribution in [-0.2, 0) is 4.74 Å². The normalized spacial score (nSPS) is 17.0. The van der Waals surface area contributed by atoms with Crippen LogP contribution >= 0.6 is 0 Å². The minimum absolute atomic E-state index is 0.901. The van der Waals surface area contributed by atoms with Gasteiger partial charge in [-0.2, -0.15) is 0 Å². The minimum Gasteiger partial charge on any atom is -0.379 e. The van der Waals surface area contributed by atoms with Crippen LogP contribution in [0.3, 0.4) is 0 Å². The largest absolute Gasteiger partial charge is 0.379 e. The second-order valence-corrected chi connectivity index (χ2v) is 7.47. The number of allylic oxidation sites excluding steroid dienone is 5. The van der Waals surface area contributed by atoms with Gasteiger partial charge >= 0.3 is 0 Å². The molecule has 0 aromatic heterocycles. The Hall–Kier alpha value is -0.900. The highest BCUT2D eigenvalue weighted by molar-refractivity contribution is 5.05. The first kappa shape index (κ1) is 22.1. The maximum atomic E-state index is 5.37. The van der Waals surface area contributed by atoms with Crippen molar-refractivity contribution in [3.8, 4) is 0 Å². The van der Waals surface area contributed by atoms with E-state index in [1.54, 1.807) is 0 Å². The fourth-order valence-corrected chi connectivity index (χ4v) is 2.94. The van der Waals surface area contributed by atoms with E-state index >= 15 is 0 Å². The molecule has 1 rings (SSSR count). The number of ether oxygens (including phenoxy) is 1. The second-order valence-electron chi connectivity index (χ2n) is 7.47. The Balaban J connectivity index is 2.02. The number of nitrogens with zero attached hydrogens (tertiary/aromatic N) is 1. The second kappa shape index (κ2) is 14.3. The van der Waals surface area contributed by atoms with Gasteiger partial charge in [-0.05, 0) is 72.9 Å². The van der Waals surface area contributed by atoms with E-state index in [1.807, 2.05) is 0 Å². The van der Waals surface area contributed by atoms with Crippen LogP contribution in [0.2, 0.25) is 0 Å². The summed E-state index contributed by atoms with van der Waals surface area (Å²) in [7, 11) is 0. The Labute approximate surface area is 156 Å². The summed E-state index contributed by atoms with van der Waals surface area (Å²) in [5.41, 5.74) is 4.43. The molecule has 0 amide bonds. The predicted molar refractivity (Wildman–Crippen MR) is 110 cm³/mol. The molecule has 0 spiro atoms. The van der Waals surface area contributed by atoms with Crippen LogP contribution in [0.4, 0.5) is 0 Å². The molecule has 1 heterocycles. The molecule has 25 heavy (non-hydrogen) atoms. The first-order valence-corrected chi connectivity index (χ1v) is 10.0. The molecular formula is C22H40N2O. The lowest BCUT2D eigenvalue weighted by Crippen LogP contribution is -2.37. The van der Waals surface area contributed by atoms with E-state index in [0.717, 1.165) is 39.4 Å². The first-order chi connectivity index (χ1) is 12.1. The molecule has 1 fully saturated rings. The van der Waals surface area contributed by atoms with Gasteiger partial charge in [0.2, 0.25) is 0 Å². The average Bonchev–Trinajstić information content (AvgIpc) is 2.58. The molecule has 3 heteroatoms. The lowest BCUT2D eigenvalue weighted by molar-refractivity contribution is 0.0375. The summed E-state index contributed by atoms with van der Waals surface area (Å²) in [4.78, 5) is 2.50. The molecule has 0 radical (unpaired) electrons. The van der Waals surface area contributed by atoms with Gasteiger partial charge < -0.3 is 10.1 Å². The number of morpholine rings is 1. The Morgan fingerprint density at radius 1 is 0.920 bits per heavy atom. The van der Waals surface area contributed by atoms with Gasteiger partial charge in [-0.3, -0.25) is 4.90 Å². The number of rotatable bonds is 12. The van der Waals surface area contributed by atoms with Crippen LogP contribution < -0.4 is 5.32 Å². The summed E-state index contributed by atoms with van der Waals surface area (Å²) in [6, 6.07) is 0. The number of nitrogens with one attached hydrogen (secondary N) is 1. The monoisotopic (exact) mass is 348 g/mol. The lowest BCUT2D eigenvalue weighted by Gasteiger charge is -2.26. The van der Waals surface area contributed by atoms with Crippen molar-refractivity contribution in [3.63, 3.8) is 0 Å². The van der Waals surface area contributed by atoms with Crippen molar-refractivity contribution in [3.05, 3.63) is 34.9 Å². The molecule has 0 aromatic rings. The fraction of sp³-hybridized carbons (Fsp3) is 0.727. The predicted octanol–water partition coefficient (Wildman–Crippen LogP) is 4.72. The molecule has 0 atom stereocenters. The van der Waals surface area contributed by atoms with Crippen LogP contribution in [0.5, 0.6) is 0 Å². The highest BCUT2D eigenvalue weighted by atomic mass is 16.5. The minimum atomic E-state index is 0.901. The molecule has 0 aliphatic carbocycles. The van der Waals surface area contributed by atoms with Crippen molar-refractivity contribution in [2.24, 2.45) is 0 Å². The van der Waals surface area contributed by atoms with Gasteiger partial charge in [0.1, 0.15) is 0 Å². The Morgan fingerprint density at radius 3 is 2.24 bits per heavy atom. The summed E-state index contributed by atoms with van der Waals surface area (Å²) < 4.78 is 5.37. The van der Waals surface area contributed by atoms with E-state index in [0.29, 0.717) is 0 Å². The van der Waals surface area contributed by atoms with Crippen LogP contribution in [-0.4, -0.2) is 50.8 Å². The van der Waals surface area contributed by atoms with Crippen LogP contribution in [0, 0.1) is 0 Å². The zero-order valence-corrected chi connectivity index (χ0v) is 17.1. The Kier molecular flexibility index (Phi) is 12.7. The topological polar surface area (TPSA) is 24.5 Å². The standard InChI is InChI=1S/C22H40N2O/c1-20(2)8-5-9-21(3)10-6-11-22(4)12-14-23-13-7-15-24-16-18-25-19-17-24/h8,10,12,23H,5-7,9,11,13-19H2,1-4H3/b21-10+,22-12+. The lowest BCUT2D eigenvalue weighted by atomic mass is 10.1. The van der Waals surface area contributed by atoms with Crippen molar-refractivity contribution >= 4 is 0 Å². The summed E-state index contributed by atoms with van der Waals surface area (Å²) in [5, 5.41) is 3.54. The van der Waals surface area contributed by atoms with E-state index in [-0.39, 0.29) is 0 Å². The molecule has 0 aromatic carbocycles. The maximum absolute atomic E-state index is 5.37. The Morgan fingerprint density at radius 2 is 1.56 bits per heavy atom. The molecule has 0 saturated carbocycles. The van der Waals surface area contributed by atoms with E-state index in [2.05, 4.69) is 56.1 Å². The van der Waals surface area contributed by atoms with Gasteiger partial charge in [-0.15, -0.1) is 0 Å². The molecule has 144 valence electrons. The number of hydrogen-bond donors (Lipinski definition) is 1. The van der Waals surface area contributed by atoms with E-state index in [9.17, 15) is 0 Å². The molecule has 1 aliphatic heterocycles. The van der Waals surface area contributed by atoms with Crippen LogP contribution in [0.25, 0.3) is 0 Å². The van der Waals surface area contributed by atoms with Gasteiger partial charge in [0.05, 0.1) is 13.2 Å². The zero-order chi connectivity index (χ0) is 18.3. The third kappa shape index (κ3) is 13.0. The highest BCUT2D eigenvalue weighted by Crippen LogP contribution is 2.11. The maximum Gasteiger partial charge on any atom is 0.0594 e. The summed E-state index contributed by atoms with van der Waals surface area (Å²) in [6.07, 6.45) is 13.0. The molecule has 1 saturated heterocycles. The van der Waals surface area contributed by atoms with Crippen LogP contribution in [0.1, 0.15) is 59.8 Å². The third-order valence-corrected chi connectivity index (χ3v) is 4.65. The summed E-state index contributed by atoms with van der Waals surface area (Å²) in [6.45, 7) is 16.1. The molecular weight excluding hydrogens is 308 g/mol. The summed E-state index contributed by atoms with van der Waals surface area (Å²) in [5.74, 6) is 0. The molecule has 3 nitrogen and oxygen atoms in total. The van der Waals surface area contributed by atoms with Crippen molar-refractivity contribution in [2.75, 3.05) is 45.9 Å². The average molecular weight is 349 g/mol. The zero-order valence-electron chi connectivity index (χ0n) is 17.1. The van der Waals surface area contributed by atoms with Crippen molar-refractivity contribution in [1.29, 1.82) is 0 Å². The van der Waals surface area contributed by atoms with Gasteiger partial charge in [0.15, 0.2) is 0 Å². The van der Waals surface area contributed by atoms with Crippen molar-refractivity contribution < 1.29 is 4.74 Å². The van der Waals surface area contributed by atoms with Crippen molar-refractivity contribution in [1.82, 2.24) is 10.2 Å². The number of hydrogen-bond acceptors (Lipinski definition) is 3. The smallest absolute Gasteiger partial charge is 0.0594 e. The van der Waals surface area contributed by atoms with Gasteiger partial charge in [-0.1, -0.05) is 34.9 Å². The molecule has 0 unspecified atom stereocenters. The van der Waals surface area contributed by atoms with E-state index < -0.39 is 0 Å². The SMILES string of the molecule is CC(C)=CCC/C(C)=C/CC/C(C)=C/CNCCCN1CCOCC1. The van der Waals surface area contributed by atoms with Gasteiger partial charge in [0.25, 0.3) is 0 Å². The van der Waals surface area contributed by atoms with Crippen LogP contribution in [0.15, 0.2) is 34.9 Å². The molecule has 1 aliphatic rings. The third-order valence-electron chi connectivity index (χ3n) is 4.65. The van der Waals surface area contributed by atoms with Gasteiger partial charge in [0, 0.05) is 19.6 Å². The van der Waals surface area contributed by atoms with Gasteiger partial charge in [-0.25, -0.2) is 0 Å². The Bertz CT molecular complexity index is 427. The van der Waals surface area contributed by atoms with E-state index in [1.165, 1.54) is 55.4 Å². The fourth-order valence-electron chi connectivity index (χ4n) is 2.94. The summed E-state index contributed by atoms with van der Waals surface area (Å²) >= 11 is 0. The van der Waals surface area contributed by atoms with Crippen molar-refractivity contribution in [2.45, 2.75) is 59.8 Å². The van der Waals surface area contributed by atoms with E-state index in [4.69, 9.17) is 4.74 Å². The molecule has 0 bridgehead atoms.